The number of thiazole rings is 1. The Hall–Kier alpha value is -1.77. The topological polar surface area (TPSA) is 58.0 Å². The van der Waals surface area contributed by atoms with E-state index < -0.39 is 10.8 Å². The van der Waals surface area contributed by atoms with Crippen molar-refractivity contribution in [2.24, 2.45) is 4.99 Å². The van der Waals surface area contributed by atoms with Gasteiger partial charge in [0, 0.05) is 38.3 Å². The molecule has 0 bridgehead atoms. The van der Waals surface area contributed by atoms with Crippen LogP contribution in [0, 0.1) is 0 Å². The minimum atomic E-state index is -1.03. The standard InChI is InChI=1S/C17H20N4O2S2/c1-25(22)17-19-14-3-2-13(10-15(14)24-17)11-20-5-4-18-16(12-20)21-6-8-23-9-7-21/h2-5,10H,6-9,11-12H2,1H3. The summed E-state index contributed by atoms with van der Waals surface area (Å²) in [4.78, 5) is 13.5. The van der Waals surface area contributed by atoms with Crippen LogP contribution in [0.4, 0.5) is 0 Å². The van der Waals surface area contributed by atoms with Crippen molar-refractivity contribution < 1.29 is 8.95 Å². The highest BCUT2D eigenvalue weighted by atomic mass is 32.2. The molecule has 0 aliphatic carbocycles. The van der Waals surface area contributed by atoms with Crippen molar-refractivity contribution >= 4 is 38.2 Å². The molecule has 0 amide bonds. The molecule has 1 fully saturated rings. The van der Waals surface area contributed by atoms with Crippen LogP contribution in [0.3, 0.4) is 0 Å². The van der Waals surface area contributed by atoms with E-state index in [4.69, 9.17) is 4.74 Å². The Kier molecular flexibility index (Phi) is 4.82. The number of amidine groups is 1. The molecule has 1 saturated heterocycles. The van der Waals surface area contributed by atoms with Gasteiger partial charge in [0.2, 0.25) is 0 Å². The molecule has 1 unspecified atom stereocenters. The maximum Gasteiger partial charge on any atom is 0.181 e. The average molecular weight is 377 g/mol. The van der Waals surface area contributed by atoms with Gasteiger partial charge in [0.15, 0.2) is 4.34 Å². The smallest absolute Gasteiger partial charge is 0.181 e. The van der Waals surface area contributed by atoms with Gasteiger partial charge in [-0.2, -0.15) is 0 Å². The summed E-state index contributed by atoms with van der Waals surface area (Å²) in [6.45, 7) is 4.98. The van der Waals surface area contributed by atoms with Gasteiger partial charge >= 0.3 is 0 Å². The Labute approximate surface area is 153 Å². The molecule has 132 valence electrons. The van der Waals surface area contributed by atoms with E-state index in [1.54, 1.807) is 6.26 Å². The van der Waals surface area contributed by atoms with Gasteiger partial charge in [0.1, 0.15) is 5.84 Å². The van der Waals surface area contributed by atoms with E-state index in [2.05, 4.69) is 31.9 Å². The zero-order chi connectivity index (χ0) is 17.2. The highest BCUT2D eigenvalue weighted by Crippen LogP contribution is 2.25. The van der Waals surface area contributed by atoms with Crippen LogP contribution in [0.1, 0.15) is 5.56 Å². The summed E-state index contributed by atoms with van der Waals surface area (Å²) in [5.41, 5.74) is 2.14. The maximum atomic E-state index is 11.6. The minimum absolute atomic E-state index is 0.687. The lowest BCUT2D eigenvalue weighted by Crippen LogP contribution is -2.45. The van der Waals surface area contributed by atoms with Crippen LogP contribution in [0.5, 0.6) is 0 Å². The van der Waals surface area contributed by atoms with Crippen molar-refractivity contribution in [3.8, 4) is 0 Å². The van der Waals surface area contributed by atoms with E-state index in [9.17, 15) is 4.21 Å². The molecule has 2 aliphatic heterocycles. The first kappa shape index (κ1) is 16.7. The van der Waals surface area contributed by atoms with E-state index >= 15 is 0 Å². The van der Waals surface area contributed by atoms with Crippen LogP contribution in [0.2, 0.25) is 0 Å². The predicted molar refractivity (Wildman–Crippen MR) is 101 cm³/mol. The number of aromatic nitrogens is 1. The second kappa shape index (κ2) is 7.23. The van der Waals surface area contributed by atoms with E-state index in [1.807, 2.05) is 18.5 Å². The maximum absolute atomic E-state index is 11.6. The van der Waals surface area contributed by atoms with Crippen LogP contribution >= 0.6 is 11.3 Å². The second-order valence-corrected chi connectivity index (χ2v) is 8.67. The third kappa shape index (κ3) is 3.75. The lowest BCUT2D eigenvalue weighted by molar-refractivity contribution is 0.0664. The molecule has 8 heteroatoms. The number of rotatable bonds is 3. The summed E-state index contributed by atoms with van der Waals surface area (Å²) in [7, 11) is -1.03. The highest BCUT2D eigenvalue weighted by molar-refractivity contribution is 7.86. The minimum Gasteiger partial charge on any atom is -0.378 e. The monoisotopic (exact) mass is 376 g/mol. The van der Waals surface area contributed by atoms with Crippen LogP contribution in [0.25, 0.3) is 10.2 Å². The third-order valence-electron chi connectivity index (χ3n) is 4.29. The SMILES string of the molecule is CS(=O)c1nc2ccc(CN3C=CN=C(N4CCOCC4)C3)cc2s1. The van der Waals surface area contributed by atoms with Crippen LogP contribution in [-0.2, 0) is 22.1 Å². The Balaban J connectivity index is 1.46. The zero-order valence-electron chi connectivity index (χ0n) is 14.1. The van der Waals surface area contributed by atoms with Gasteiger partial charge in [0.05, 0.1) is 40.8 Å². The summed E-state index contributed by atoms with van der Waals surface area (Å²) in [5.74, 6) is 1.10. The first-order chi connectivity index (χ1) is 12.2. The molecular weight excluding hydrogens is 356 g/mol. The largest absolute Gasteiger partial charge is 0.378 e. The van der Waals surface area contributed by atoms with Gasteiger partial charge < -0.3 is 14.5 Å². The predicted octanol–water partition coefficient (Wildman–Crippen LogP) is 2.05. The van der Waals surface area contributed by atoms with Crippen molar-refractivity contribution in [2.45, 2.75) is 10.9 Å². The molecule has 1 aromatic carbocycles. The zero-order valence-corrected chi connectivity index (χ0v) is 15.7. The first-order valence-electron chi connectivity index (χ1n) is 8.22. The Morgan fingerprint density at radius 3 is 2.96 bits per heavy atom. The van der Waals surface area contributed by atoms with Crippen LogP contribution in [0.15, 0.2) is 39.9 Å². The number of hydrogen-bond donors (Lipinski definition) is 0. The first-order valence-corrected chi connectivity index (χ1v) is 10.6. The fourth-order valence-electron chi connectivity index (χ4n) is 3.00. The summed E-state index contributed by atoms with van der Waals surface area (Å²) in [6, 6.07) is 6.26. The van der Waals surface area contributed by atoms with Gasteiger partial charge in [-0.15, -0.1) is 11.3 Å². The van der Waals surface area contributed by atoms with E-state index in [1.165, 1.54) is 16.9 Å². The second-order valence-electron chi connectivity index (χ2n) is 6.08. The number of hydrogen-bond acceptors (Lipinski definition) is 7. The Bertz CT molecular complexity index is 855. The number of benzene rings is 1. The number of nitrogens with zero attached hydrogens (tertiary/aromatic N) is 4. The highest BCUT2D eigenvalue weighted by Gasteiger charge is 2.19. The third-order valence-corrected chi connectivity index (χ3v) is 6.64. The molecule has 0 saturated carbocycles. The van der Waals surface area contributed by atoms with Crippen molar-refractivity contribution in [1.82, 2.24) is 14.8 Å². The van der Waals surface area contributed by atoms with E-state index in [0.717, 1.165) is 55.4 Å². The normalized spacial score (nSPS) is 19.3. The summed E-state index contributed by atoms with van der Waals surface area (Å²) in [5, 5.41) is 0. The van der Waals surface area contributed by atoms with Crippen molar-refractivity contribution in [1.29, 1.82) is 0 Å². The van der Waals surface area contributed by atoms with E-state index in [0.29, 0.717) is 4.34 Å². The molecular formula is C17H20N4O2S2. The van der Waals surface area contributed by atoms with E-state index in [-0.39, 0.29) is 0 Å². The van der Waals surface area contributed by atoms with Crippen molar-refractivity contribution in [2.75, 3.05) is 39.1 Å². The Morgan fingerprint density at radius 2 is 2.16 bits per heavy atom. The van der Waals surface area contributed by atoms with Gasteiger partial charge in [-0.05, 0) is 17.7 Å². The number of fused-ring (bicyclic) bond motifs is 1. The quantitative estimate of drug-likeness (QED) is 0.821. The molecule has 1 aromatic heterocycles. The van der Waals surface area contributed by atoms with Gasteiger partial charge in [-0.1, -0.05) is 6.07 Å². The molecule has 0 spiro atoms. The summed E-state index contributed by atoms with van der Waals surface area (Å²) in [6.07, 6.45) is 5.58. The molecule has 3 heterocycles. The molecule has 0 N–H and O–H groups in total. The molecule has 2 aliphatic rings. The van der Waals surface area contributed by atoms with Gasteiger partial charge in [0.25, 0.3) is 0 Å². The fraction of sp³-hybridized carbons (Fsp3) is 0.412. The molecule has 0 radical (unpaired) electrons. The molecule has 1 atom stereocenters. The van der Waals surface area contributed by atoms with Gasteiger partial charge in [-0.25, -0.2) is 9.98 Å². The van der Waals surface area contributed by atoms with Crippen molar-refractivity contribution in [3.05, 3.63) is 36.2 Å². The number of aliphatic imine (C=N–C) groups is 1. The van der Waals surface area contributed by atoms with Crippen LogP contribution < -0.4 is 0 Å². The molecule has 2 aromatic rings. The lowest BCUT2D eigenvalue weighted by Gasteiger charge is -2.33. The molecule has 6 nitrogen and oxygen atoms in total. The number of morpholine rings is 1. The molecule has 4 rings (SSSR count). The molecule has 25 heavy (non-hydrogen) atoms. The summed E-state index contributed by atoms with van der Waals surface area (Å²) >= 11 is 1.51. The van der Waals surface area contributed by atoms with Crippen LogP contribution in [-0.4, -0.2) is 63.9 Å². The number of ether oxygens (including phenoxy) is 1. The van der Waals surface area contributed by atoms with Gasteiger partial charge in [-0.3, -0.25) is 4.21 Å². The summed E-state index contributed by atoms with van der Waals surface area (Å²) < 4.78 is 18.8. The lowest BCUT2D eigenvalue weighted by atomic mass is 10.2. The Morgan fingerprint density at radius 1 is 1.32 bits per heavy atom. The average Bonchev–Trinajstić information content (AvgIpc) is 3.06. The van der Waals surface area contributed by atoms with Crippen molar-refractivity contribution in [3.63, 3.8) is 0 Å². The fourth-order valence-corrected chi connectivity index (χ4v) is 4.73.